The number of amides is 1. The van der Waals surface area contributed by atoms with Gasteiger partial charge in [-0.25, -0.2) is 4.98 Å². The summed E-state index contributed by atoms with van der Waals surface area (Å²) in [5.41, 5.74) is 5.62. The Hall–Kier alpha value is -1.90. The van der Waals surface area contributed by atoms with Gasteiger partial charge in [0, 0.05) is 5.69 Å². The van der Waals surface area contributed by atoms with Crippen molar-refractivity contribution in [1.29, 1.82) is 0 Å². The maximum atomic E-state index is 13.0. The molecule has 0 radical (unpaired) electrons. The van der Waals surface area contributed by atoms with Crippen LogP contribution in [-0.4, -0.2) is 36.0 Å². The van der Waals surface area contributed by atoms with Crippen LogP contribution < -0.4 is 20.4 Å². The van der Waals surface area contributed by atoms with Crippen molar-refractivity contribution in [2.24, 2.45) is 5.92 Å². The van der Waals surface area contributed by atoms with Crippen molar-refractivity contribution < 1.29 is 9.53 Å². The molecule has 8 heteroatoms. The topological polar surface area (TPSA) is 58.2 Å². The van der Waals surface area contributed by atoms with Crippen LogP contribution >= 0.6 is 18.5 Å². The average molecular weight is 439 g/mol. The van der Waals surface area contributed by atoms with Gasteiger partial charge in [-0.05, 0) is 59.7 Å². The van der Waals surface area contributed by atoms with E-state index in [1.807, 2.05) is 23.1 Å². The first-order valence-corrected chi connectivity index (χ1v) is 11.7. The maximum Gasteiger partial charge on any atom is 0.233 e. The average Bonchev–Trinajstić information content (AvgIpc) is 3.15. The van der Waals surface area contributed by atoms with Crippen molar-refractivity contribution in [2.75, 3.05) is 11.5 Å². The minimum absolute atomic E-state index is 0.0115. The molecule has 2 aromatic carbocycles. The van der Waals surface area contributed by atoms with Crippen LogP contribution in [0.5, 0.6) is 5.75 Å². The summed E-state index contributed by atoms with van der Waals surface area (Å²) < 4.78 is 5.97. The van der Waals surface area contributed by atoms with Crippen molar-refractivity contribution in [3.8, 4) is 5.75 Å². The summed E-state index contributed by atoms with van der Waals surface area (Å²) in [5, 5.41) is 1.09. The molecule has 0 aliphatic carbocycles. The number of aromatic nitrogens is 2. The summed E-state index contributed by atoms with van der Waals surface area (Å²) in [4.78, 5) is 22.4. The zero-order valence-electron chi connectivity index (χ0n) is 17.7. The van der Waals surface area contributed by atoms with Crippen molar-refractivity contribution in [2.45, 2.75) is 38.4 Å². The SMILES string of the molecule is Bc1cc(OCCC(C)P)cc(P)c1C1C(CC)C(=O)N1c1ccc2[nH]cnc2c1. The maximum absolute atomic E-state index is 13.0. The summed E-state index contributed by atoms with van der Waals surface area (Å²) in [5.74, 6) is 1.05. The minimum atomic E-state index is -0.0115. The first kappa shape index (κ1) is 21.3. The highest BCUT2D eigenvalue weighted by molar-refractivity contribution is 7.27. The molecule has 1 fully saturated rings. The monoisotopic (exact) mass is 439 g/mol. The van der Waals surface area contributed by atoms with Gasteiger partial charge in [0.2, 0.25) is 5.91 Å². The van der Waals surface area contributed by atoms with E-state index in [0.717, 1.165) is 46.1 Å². The molecule has 1 aliphatic heterocycles. The summed E-state index contributed by atoms with van der Waals surface area (Å²) in [6.07, 6.45) is 3.50. The van der Waals surface area contributed by atoms with Gasteiger partial charge >= 0.3 is 0 Å². The third-order valence-corrected chi connectivity index (χ3v) is 6.68. The molecule has 5 nitrogen and oxygen atoms in total. The number of hydrogen-bond donors (Lipinski definition) is 1. The number of benzene rings is 2. The molecule has 156 valence electrons. The molecular weight excluding hydrogens is 411 g/mol. The van der Waals surface area contributed by atoms with Crippen molar-refractivity contribution in [3.05, 3.63) is 42.2 Å². The Balaban J connectivity index is 1.66. The zero-order valence-corrected chi connectivity index (χ0v) is 20.0. The molecule has 30 heavy (non-hydrogen) atoms. The van der Waals surface area contributed by atoms with Crippen LogP contribution in [0.1, 0.15) is 38.3 Å². The molecule has 0 bridgehead atoms. The molecule has 1 amide bonds. The van der Waals surface area contributed by atoms with Gasteiger partial charge in [-0.2, -0.15) is 0 Å². The van der Waals surface area contributed by atoms with Crippen LogP contribution in [0.4, 0.5) is 5.69 Å². The fraction of sp³-hybridized carbons (Fsp3) is 0.364. The lowest BCUT2D eigenvalue weighted by atomic mass is 9.75. The summed E-state index contributed by atoms with van der Waals surface area (Å²) in [6, 6.07) is 10.2. The smallest absolute Gasteiger partial charge is 0.233 e. The van der Waals surface area contributed by atoms with Gasteiger partial charge in [0.05, 0.1) is 35.9 Å². The molecule has 0 saturated carbocycles. The Morgan fingerprint density at radius 1 is 1.33 bits per heavy atom. The van der Waals surface area contributed by atoms with Gasteiger partial charge in [0.25, 0.3) is 0 Å². The highest BCUT2D eigenvalue weighted by Gasteiger charge is 2.48. The molecule has 5 atom stereocenters. The van der Waals surface area contributed by atoms with E-state index in [9.17, 15) is 4.79 Å². The molecule has 1 N–H and O–H groups in total. The Bertz CT molecular complexity index is 1060. The Kier molecular flexibility index (Phi) is 6.18. The van der Waals surface area contributed by atoms with Gasteiger partial charge in [0.15, 0.2) is 0 Å². The standard InChI is InChI=1S/C22H28BN3O2P2/c1-3-15-21(20-16(23)9-14(10-19(20)30)28-7-6-12(2)29)26(22(15)27)13-4-5-17-18(8-13)25-11-24-17/h4-5,8-12,15,21H,3,6-7,23,29-30H2,1-2H3,(H,24,25). The molecule has 5 unspecified atom stereocenters. The molecule has 3 aromatic rings. The number of carbonyl (C=O) groups excluding carboxylic acids is 1. The summed E-state index contributed by atoms with van der Waals surface area (Å²) >= 11 is 0. The van der Waals surface area contributed by atoms with E-state index in [1.165, 1.54) is 5.56 Å². The highest BCUT2D eigenvalue weighted by Crippen LogP contribution is 2.45. The Morgan fingerprint density at radius 2 is 2.13 bits per heavy atom. The van der Waals surface area contributed by atoms with E-state index >= 15 is 0 Å². The normalized spacial score (nSPS) is 19.7. The largest absolute Gasteiger partial charge is 0.494 e. The zero-order chi connectivity index (χ0) is 21.4. The number of H-pyrrole nitrogens is 1. The second-order valence-electron chi connectivity index (χ2n) is 8.13. The van der Waals surface area contributed by atoms with Crippen molar-refractivity contribution >= 4 is 59.7 Å². The van der Waals surface area contributed by atoms with E-state index in [-0.39, 0.29) is 17.9 Å². The fourth-order valence-electron chi connectivity index (χ4n) is 4.28. The fourth-order valence-corrected chi connectivity index (χ4v) is 4.98. The molecule has 0 spiro atoms. The number of imidazole rings is 1. The molecule has 4 rings (SSSR count). The second kappa shape index (κ2) is 8.69. The summed E-state index contributed by atoms with van der Waals surface area (Å²) in [7, 11) is 7.77. The van der Waals surface area contributed by atoms with Gasteiger partial charge in [-0.1, -0.05) is 19.3 Å². The third-order valence-electron chi connectivity index (χ3n) is 5.87. The molecular formula is C22H28BN3O2P2. The van der Waals surface area contributed by atoms with Crippen LogP contribution in [0, 0.1) is 5.92 Å². The van der Waals surface area contributed by atoms with Crippen LogP contribution in [0.15, 0.2) is 36.7 Å². The van der Waals surface area contributed by atoms with E-state index in [0.29, 0.717) is 12.3 Å². The number of β-lactam (4-membered cyclic amide) rings is 1. The highest BCUT2D eigenvalue weighted by atomic mass is 31.0. The summed E-state index contributed by atoms with van der Waals surface area (Å²) in [6.45, 7) is 4.95. The number of rotatable bonds is 7. The van der Waals surface area contributed by atoms with Crippen molar-refractivity contribution in [3.63, 3.8) is 0 Å². The number of fused-ring (bicyclic) bond motifs is 1. The second-order valence-corrected chi connectivity index (χ2v) is 9.89. The lowest BCUT2D eigenvalue weighted by Gasteiger charge is -2.48. The molecule has 1 aromatic heterocycles. The van der Waals surface area contributed by atoms with Gasteiger partial charge in [-0.3, -0.25) is 4.79 Å². The van der Waals surface area contributed by atoms with E-state index < -0.39 is 0 Å². The first-order valence-electron chi connectivity index (χ1n) is 10.4. The van der Waals surface area contributed by atoms with Crippen LogP contribution in [-0.2, 0) is 4.79 Å². The number of carbonyl (C=O) groups is 1. The van der Waals surface area contributed by atoms with Crippen LogP contribution in [0.3, 0.4) is 0 Å². The van der Waals surface area contributed by atoms with Gasteiger partial charge in [-0.15, -0.1) is 18.5 Å². The van der Waals surface area contributed by atoms with Crippen LogP contribution in [0.2, 0.25) is 0 Å². The lowest BCUT2D eigenvalue weighted by molar-refractivity contribution is -0.130. The van der Waals surface area contributed by atoms with Gasteiger partial charge < -0.3 is 14.6 Å². The Morgan fingerprint density at radius 3 is 2.83 bits per heavy atom. The molecule has 1 aliphatic rings. The minimum Gasteiger partial charge on any atom is -0.494 e. The van der Waals surface area contributed by atoms with Crippen LogP contribution in [0.25, 0.3) is 11.0 Å². The molecule has 1 saturated heterocycles. The number of ether oxygens (including phenoxy) is 1. The number of hydrogen-bond acceptors (Lipinski definition) is 3. The predicted octanol–water partition coefficient (Wildman–Crippen LogP) is 2.47. The van der Waals surface area contributed by atoms with E-state index in [2.05, 4.69) is 62.3 Å². The third kappa shape index (κ3) is 3.88. The quantitative estimate of drug-likeness (QED) is 0.350. The predicted molar refractivity (Wildman–Crippen MR) is 133 cm³/mol. The van der Waals surface area contributed by atoms with E-state index in [1.54, 1.807) is 6.33 Å². The Labute approximate surface area is 183 Å². The first-order chi connectivity index (χ1) is 14.4. The number of aromatic amines is 1. The lowest BCUT2D eigenvalue weighted by Crippen LogP contribution is -2.57. The van der Waals surface area contributed by atoms with E-state index in [4.69, 9.17) is 4.74 Å². The van der Waals surface area contributed by atoms with Crippen molar-refractivity contribution in [1.82, 2.24) is 9.97 Å². The number of nitrogens with one attached hydrogen (secondary N) is 1. The van der Waals surface area contributed by atoms with Gasteiger partial charge in [0.1, 0.15) is 13.6 Å². The number of anilines is 1. The molecule has 2 heterocycles. The number of nitrogens with zero attached hydrogens (tertiary/aromatic N) is 2.